The highest BCUT2D eigenvalue weighted by molar-refractivity contribution is 5.93. The van der Waals surface area contributed by atoms with Gasteiger partial charge >= 0.3 is 0 Å². The lowest BCUT2D eigenvalue weighted by atomic mass is 10.0. The molecule has 0 saturated heterocycles. The normalized spacial score (nSPS) is 12.2. The van der Waals surface area contributed by atoms with Crippen molar-refractivity contribution in [3.8, 4) is 0 Å². The van der Waals surface area contributed by atoms with E-state index in [2.05, 4.69) is 42.4 Å². The molecule has 1 aromatic heterocycles. The van der Waals surface area contributed by atoms with Crippen LogP contribution in [0.5, 0.6) is 0 Å². The van der Waals surface area contributed by atoms with Gasteiger partial charge in [-0.25, -0.2) is 5.43 Å². The van der Waals surface area contributed by atoms with E-state index < -0.39 is 0 Å². The molecular weight excluding hydrogens is 250 g/mol. The van der Waals surface area contributed by atoms with Crippen molar-refractivity contribution in [3.63, 3.8) is 0 Å². The molecule has 4 nitrogen and oxygen atoms in total. The molecule has 0 saturated carbocycles. The van der Waals surface area contributed by atoms with Crippen LogP contribution in [0.25, 0.3) is 0 Å². The summed E-state index contributed by atoms with van der Waals surface area (Å²) in [5.74, 6) is 0.330. The molecule has 0 aromatic carbocycles. The first kappa shape index (κ1) is 16.1. The summed E-state index contributed by atoms with van der Waals surface area (Å²) < 4.78 is 0. The van der Waals surface area contributed by atoms with Crippen molar-refractivity contribution in [3.05, 3.63) is 41.7 Å². The molecule has 0 fully saturated rings. The SMILES string of the molecule is CC(C)=CCC[C@H](C)C/C=N\NC(=O)c1cccnc1. The Morgan fingerprint density at radius 1 is 1.50 bits per heavy atom. The number of hydrogen-bond donors (Lipinski definition) is 1. The summed E-state index contributed by atoms with van der Waals surface area (Å²) in [6.07, 6.45) is 10.3. The second-order valence-electron chi connectivity index (χ2n) is 5.19. The fraction of sp³-hybridized carbons (Fsp3) is 0.438. The van der Waals surface area contributed by atoms with Crippen LogP contribution in [0, 0.1) is 5.92 Å². The maximum atomic E-state index is 11.7. The van der Waals surface area contributed by atoms with Gasteiger partial charge in [0.1, 0.15) is 0 Å². The Labute approximate surface area is 121 Å². The third-order valence-corrected chi connectivity index (χ3v) is 2.90. The fourth-order valence-electron chi connectivity index (χ4n) is 1.67. The van der Waals surface area contributed by atoms with Crippen LogP contribution >= 0.6 is 0 Å². The first-order valence-corrected chi connectivity index (χ1v) is 6.95. The van der Waals surface area contributed by atoms with Crippen LogP contribution in [0.4, 0.5) is 0 Å². The van der Waals surface area contributed by atoms with Gasteiger partial charge in [-0.1, -0.05) is 18.6 Å². The van der Waals surface area contributed by atoms with Gasteiger partial charge in [0.15, 0.2) is 0 Å². The van der Waals surface area contributed by atoms with E-state index in [-0.39, 0.29) is 5.91 Å². The van der Waals surface area contributed by atoms with Gasteiger partial charge in [0.25, 0.3) is 5.91 Å². The molecule has 0 spiro atoms. The molecule has 1 aromatic rings. The minimum atomic E-state index is -0.230. The largest absolute Gasteiger partial charge is 0.272 e. The van der Waals surface area contributed by atoms with Gasteiger partial charge < -0.3 is 0 Å². The molecule has 108 valence electrons. The highest BCUT2D eigenvalue weighted by Gasteiger charge is 2.02. The Morgan fingerprint density at radius 2 is 2.30 bits per heavy atom. The van der Waals surface area contributed by atoms with Gasteiger partial charge in [-0.15, -0.1) is 0 Å². The highest BCUT2D eigenvalue weighted by atomic mass is 16.2. The van der Waals surface area contributed by atoms with Crippen LogP contribution in [0.1, 0.15) is 50.4 Å². The molecular formula is C16H23N3O. The third kappa shape index (κ3) is 6.83. The van der Waals surface area contributed by atoms with E-state index >= 15 is 0 Å². The lowest BCUT2D eigenvalue weighted by Gasteiger charge is -2.06. The molecule has 4 heteroatoms. The van der Waals surface area contributed by atoms with Gasteiger partial charge in [-0.05, 0) is 51.2 Å². The predicted octanol–water partition coefficient (Wildman–Crippen LogP) is 3.57. The summed E-state index contributed by atoms with van der Waals surface area (Å²) in [5, 5.41) is 3.96. The molecule has 0 aliphatic carbocycles. The smallest absolute Gasteiger partial charge is 0.267 e. The Balaban J connectivity index is 2.25. The van der Waals surface area contributed by atoms with Gasteiger partial charge in [0.05, 0.1) is 5.56 Å². The zero-order chi connectivity index (χ0) is 14.8. The summed E-state index contributed by atoms with van der Waals surface area (Å²) in [6, 6.07) is 3.43. The van der Waals surface area contributed by atoms with Crippen molar-refractivity contribution < 1.29 is 4.79 Å². The number of carbonyl (C=O) groups is 1. The molecule has 1 atom stereocenters. The summed E-state index contributed by atoms with van der Waals surface area (Å²) in [5.41, 5.74) is 4.38. The lowest BCUT2D eigenvalue weighted by Crippen LogP contribution is -2.17. The fourth-order valence-corrected chi connectivity index (χ4v) is 1.67. The standard InChI is InChI=1S/C16H23N3O/c1-13(2)6-4-7-14(3)9-11-18-19-16(20)15-8-5-10-17-12-15/h5-6,8,10-12,14H,4,7,9H2,1-3H3,(H,19,20)/b18-11-/t14-/m0/s1. The zero-order valence-corrected chi connectivity index (χ0v) is 12.5. The van der Waals surface area contributed by atoms with E-state index in [1.54, 1.807) is 24.5 Å². The first-order valence-electron chi connectivity index (χ1n) is 6.95. The second kappa shape index (κ2) is 9.02. The number of rotatable bonds is 7. The highest BCUT2D eigenvalue weighted by Crippen LogP contribution is 2.10. The number of hydrazone groups is 1. The third-order valence-electron chi connectivity index (χ3n) is 2.90. The summed E-state index contributed by atoms with van der Waals surface area (Å²) in [6.45, 7) is 6.41. The Morgan fingerprint density at radius 3 is 2.95 bits per heavy atom. The maximum Gasteiger partial charge on any atom is 0.272 e. The number of allylic oxidation sites excluding steroid dienone is 2. The number of aromatic nitrogens is 1. The monoisotopic (exact) mass is 273 g/mol. The molecule has 0 aliphatic heterocycles. The molecule has 0 bridgehead atoms. The average molecular weight is 273 g/mol. The van der Waals surface area contributed by atoms with Crippen LogP contribution < -0.4 is 5.43 Å². The van der Waals surface area contributed by atoms with Gasteiger partial charge in [0, 0.05) is 18.6 Å². The van der Waals surface area contributed by atoms with Crippen molar-refractivity contribution in [1.82, 2.24) is 10.4 Å². The summed E-state index contributed by atoms with van der Waals surface area (Å²) in [4.78, 5) is 15.6. The summed E-state index contributed by atoms with van der Waals surface area (Å²) >= 11 is 0. The van der Waals surface area contributed by atoms with E-state index in [0.717, 1.165) is 19.3 Å². The number of carbonyl (C=O) groups excluding carboxylic acids is 1. The zero-order valence-electron chi connectivity index (χ0n) is 12.5. The second-order valence-corrected chi connectivity index (χ2v) is 5.19. The van der Waals surface area contributed by atoms with Gasteiger partial charge in [-0.3, -0.25) is 9.78 Å². The van der Waals surface area contributed by atoms with E-state index in [4.69, 9.17) is 0 Å². The van der Waals surface area contributed by atoms with Gasteiger partial charge in [-0.2, -0.15) is 5.10 Å². The van der Waals surface area contributed by atoms with Crippen LogP contribution in [0.2, 0.25) is 0 Å². The van der Waals surface area contributed by atoms with Crippen molar-refractivity contribution >= 4 is 12.1 Å². The van der Waals surface area contributed by atoms with Crippen LogP contribution in [-0.2, 0) is 0 Å². The number of nitrogens with one attached hydrogen (secondary N) is 1. The quantitative estimate of drug-likeness (QED) is 0.469. The van der Waals surface area contributed by atoms with E-state index in [1.807, 2.05) is 0 Å². The average Bonchev–Trinajstić information content (AvgIpc) is 2.44. The van der Waals surface area contributed by atoms with Crippen LogP contribution in [0.15, 0.2) is 41.3 Å². The summed E-state index contributed by atoms with van der Waals surface area (Å²) in [7, 11) is 0. The topological polar surface area (TPSA) is 54.4 Å². The first-order chi connectivity index (χ1) is 9.59. The van der Waals surface area contributed by atoms with Crippen LogP contribution in [-0.4, -0.2) is 17.1 Å². The lowest BCUT2D eigenvalue weighted by molar-refractivity contribution is 0.0954. The number of pyridine rings is 1. The molecule has 20 heavy (non-hydrogen) atoms. The molecule has 1 amide bonds. The number of amides is 1. The molecule has 0 radical (unpaired) electrons. The molecule has 1 N–H and O–H groups in total. The minimum Gasteiger partial charge on any atom is -0.267 e. The van der Waals surface area contributed by atoms with E-state index in [1.165, 1.54) is 11.8 Å². The van der Waals surface area contributed by atoms with E-state index in [9.17, 15) is 4.79 Å². The van der Waals surface area contributed by atoms with Crippen molar-refractivity contribution in [2.24, 2.45) is 11.0 Å². The minimum absolute atomic E-state index is 0.230. The van der Waals surface area contributed by atoms with E-state index in [0.29, 0.717) is 11.5 Å². The Hall–Kier alpha value is -1.97. The molecule has 0 unspecified atom stereocenters. The molecule has 1 rings (SSSR count). The molecule has 0 aliphatic rings. The number of nitrogens with zero attached hydrogens (tertiary/aromatic N) is 2. The van der Waals surface area contributed by atoms with Crippen molar-refractivity contribution in [2.45, 2.75) is 40.0 Å². The molecule has 1 heterocycles. The van der Waals surface area contributed by atoms with Gasteiger partial charge in [0.2, 0.25) is 0 Å². The Kier molecular flexibility index (Phi) is 7.25. The van der Waals surface area contributed by atoms with Crippen molar-refractivity contribution in [2.75, 3.05) is 0 Å². The van der Waals surface area contributed by atoms with Crippen molar-refractivity contribution in [1.29, 1.82) is 0 Å². The Bertz CT molecular complexity index is 462. The predicted molar refractivity (Wildman–Crippen MR) is 82.6 cm³/mol. The maximum absolute atomic E-state index is 11.7. The van der Waals surface area contributed by atoms with Crippen LogP contribution in [0.3, 0.4) is 0 Å². The number of hydrogen-bond acceptors (Lipinski definition) is 3.